The maximum atomic E-state index is 12.2. The van der Waals surface area contributed by atoms with E-state index >= 15 is 0 Å². The quantitative estimate of drug-likeness (QED) is 0.0268. The second kappa shape index (κ2) is 33.9. The van der Waals surface area contributed by atoms with E-state index in [1.54, 1.807) is 0 Å². The van der Waals surface area contributed by atoms with Crippen molar-refractivity contribution >= 4 is 19.8 Å². The van der Waals surface area contributed by atoms with E-state index in [4.69, 9.17) is 18.5 Å². The van der Waals surface area contributed by atoms with Crippen LogP contribution in [0.25, 0.3) is 0 Å². The van der Waals surface area contributed by atoms with Gasteiger partial charge in [0.2, 0.25) is 0 Å². The van der Waals surface area contributed by atoms with Gasteiger partial charge in [-0.15, -0.1) is 0 Å². The molecule has 0 saturated heterocycles. The highest BCUT2D eigenvalue weighted by Crippen LogP contribution is 2.43. The third kappa shape index (κ3) is 32.4. The molecular formula is C38H63O10P. The molecule has 3 N–H and O–H groups in total. The lowest BCUT2D eigenvalue weighted by atomic mass is 10.1. The number of ether oxygens (including phenoxy) is 2. The lowest BCUT2D eigenvalue weighted by molar-refractivity contribution is -0.153. The molecular weight excluding hydrogens is 647 g/mol. The number of esters is 2. The molecule has 0 heterocycles. The molecule has 0 aromatic carbocycles. The van der Waals surface area contributed by atoms with E-state index in [-0.39, 0.29) is 12.8 Å². The van der Waals surface area contributed by atoms with Crippen molar-refractivity contribution in [2.45, 2.75) is 129 Å². The summed E-state index contributed by atoms with van der Waals surface area (Å²) < 4.78 is 32.2. The lowest BCUT2D eigenvalue weighted by Crippen LogP contribution is -2.28. The van der Waals surface area contributed by atoms with Crippen molar-refractivity contribution in [1.82, 2.24) is 0 Å². The molecule has 0 aliphatic heterocycles. The first kappa shape index (κ1) is 46.4. The van der Waals surface area contributed by atoms with Gasteiger partial charge < -0.3 is 24.6 Å². The van der Waals surface area contributed by atoms with Gasteiger partial charge in [0.25, 0.3) is 0 Å². The fraction of sp³-hybridized carbons (Fsp3) is 0.632. The number of hydrogen-bond acceptors (Lipinski definition) is 9. The Morgan fingerprint density at radius 1 is 0.571 bits per heavy atom. The Labute approximate surface area is 295 Å². The van der Waals surface area contributed by atoms with E-state index in [0.717, 1.165) is 57.8 Å². The molecule has 0 fully saturated rings. The van der Waals surface area contributed by atoms with E-state index in [1.807, 2.05) is 18.2 Å². The van der Waals surface area contributed by atoms with Crippen LogP contribution in [0.5, 0.6) is 0 Å². The summed E-state index contributed by atoms with van der Waals surface area (Å²) in [4.78, 5) is 34.1. The summed E-state index contributed by atoms with van der Waals surface area (Å²) in [5.74, 6) is -1.12. The Bertz CT molecular complexity index is 1050. The van der Waals surface area contributed by atoms with Crippen molar-refractivity contribution in [1.29, 1.82) is 0 Å². The highest BCUT2D eigenvalue weighted by atomic mass is 31.2. The Morgan fingerprint density at radius 2 is 0.959 bits per heavy atom. The molecule has 0 aliphatic carbocycles. The zero-order valence-corrected chi connectivity index (χ0v) is 30.8. The van der Waals surface area contributed by atoms with Gasteiger partial charge in [-0.05, 0) is 51.4 Å². The molecule has 3 unspecified atom stereocenters. The van der Waals surface area contributed by atoms with Crippen LogP contribution in [0, 0.1) is 0 Å². The molecule has 0 aromatic rings. The van der Waals surface area contributed by atoms with E-state index < -0.39 is 58.4 Å². The molecule has 0 aromatic heterocycles. The summed E-state index contributed by atoms with van der Waals surface area (Å²) >= 11 is 0. The molecule has 0 saturated carbocycles. The van der Waals surface area contributed by atoms with Crippen LogP contribution >= 0.6 is 7.82 Å². The van der Waals surface area contributed by atoms with Gasteiger partial charge >= 0.3 is 19.8 Å². The van der Waals surface area contributed by atoms with Crippen LogP contribution < -0.4 is 0 Å². The summed E-state index contributed by atoms with van der Waals surface area (Å²) in [6, 6.07) is 0. The van der Waals surface area contributed by atoms with Crippen LogP contribution in [-0.2, 0) is 32.7 Å². The predicted molar refractivity (Wildman–Crippen MR) is 196 cm³/mol. The molecule has 0 rings (SSSR count). The first-order valence-corrected chi connectivity index (χ1v) is 19.4. The maximum absolute atomic E-state index is 12.2. The van der Waals surface area contributed by atoms with Gasteiger partial charge in [-0.3, -0.25) is 18.6 Å². The van der Waals surface area contributed by atoms with Gasteiger partial charge in [-0.2, -0.15) is 0 Å². The van der Waals surface area contributed by atoms with E-state index in [0.29, 0.717) is 12.8 Å². The van der Waals surface area contributed by atoms with Crippen molar-refractivity contribution in [3.05, 3.63) is 72.9 Å². The third-order valence-corrected chi connectivity index (χ3v) is 7.90. The highest BCUT2D eigenvalue weighted by molar-refractivity contribution is 7.47. The predicted octanol–water partition coefficient (Wildman–Crippen LogP) is 8.55. The van der Waals surface area contributed by atoms with Gasteiger partial charge in [-0.25, -0.2) is 4.57 Å². The molecule has 0 spiro atoms. The summed E-state index contributed by atoms with van der Waals surface area (Å²) in [6.45, 7) is 1.90. The minimum absolute atomic E-state index is 0.0638. The number of aliphatic hydroxyl groups excluding tert-OH is 2. The summed E-state index contributed by atoms with van der Waals surface area (Å²) in [6.07, 6.45) is 36.4. The Hall–Kier alpha value is -2.59. The lowest BCUT2D eigenvalue weighted by Gasteiger charge is -2.20. The van der Waals surface area contributed by atoms with Gasteiger partial charge in [0, 0.05) is 12.8 Å². The fourth-order valence-electron chi connectivity index (χ4n) is 4.20. The van der Waals surface area contributed by atoms with Gasteiger partial charge in [0.05, 0.1) is 26.4 Å². The maximum Gasteiger partial charge on any atom is 0.472 e. The number of phosphoric acid groups is 1. The average molecular weight is 711 g/mol. The molecule has 280 valence electrons. The minimum Gasteiger partial charge on any atom is -0.457 e. The van der Waals surface area contributed by atoms with E-state index in [2.05, 4.69) is 68.5 Å². The smallest absolute Gasteiger partial charge is 0.457 e. The van der Waals surface area contributed by atoms with E-state index in [1.165, 1.54) is 19.3 Å². The van der Waals surface area contributed by atoms with Crippen molar-refractivity contribution in [2.24, 2.45) is 0 Å². The SMILES string of the molecule is CC/C=C\C/C=C\C/C=C\C/C=C\C/C=C\C/C=C\CCC(=O)OC(CO)COP(=O)(O)OCC(CO)OC(=O)CCCCCCCCC. The Morgan fingerprint density at radius 3 is 1.39 bits per heavy atom. The number of aliphatic hydroxyl groups is 2. The van der Waals surface area contributed by atoms with Gasteiger partial charge in [0.15, 0.2) is 0 Å². The molecule has 0 radical (unpaired) electrons. The molecule has 0 amide bonds. The highest BCUT2D eigenvalue weighted by Gasteiger charge is 2.27. The molecule has 3 atom stereocenters. The van der Waals surface area contributed by atoms with Gasteiger partial charge in [-0.1, -0.05) is 125 Å². The number of carbonyl (C=O) groups is 2. The second-order valence-electron chi connectivity index (χ2n) is 11.5. The topological polar surface area (TPSA) is 149 Å². The fourth-order valence-corrected chi connectivity index (χ4v) is 4.98. The van der Waals surface area contributed by atoms with Crippen molar-refractivity contribution < 1.29 is 47.8 Å². The Balaban J connectivity index is 4.13. The van der Waals surface area contributed by atoms with Crippen LogP contribution in [0.1, 0.15) is 117 Å². The number of rotatable bonds is 32. The van der Waals surface area contributed by atoms with Crippen LogP contribution in [-0.4, -0.2) is 65.7 Å². The number of allylic oxidation sites excluding steroid dienone is 12. The van der Waals surface area contributed by atoms with Crippen molar-refractivity contribution in [3.63, 3.8) is 0 Å². The molecule has 0 aliphatic rings. The third-order valence-electron chi connectivity index (χ3n) is 6.95. The monoisotopic (exact) mass is 710 g/mol. The first-order chi connectivity index (χ1) is 23.8. The largest absolute Gasteiger partial charge is 0.472 e. The average Bonchev–Trinajstić information content (AvgIpc) is 3.09. The summed E-state index contributed by atoms with van der Waals surface area (Å²) in [7, 11) is -4.64. The van der Waals surface area contributed by atoms with Crippen molar-refractivity contribution in [2.75, 3.05) is 26.4 Å². The van der Waals surface area contributed by atoms with Crippen LogP contribution in [0.2, 0.25) is 0 Å². The summed E-state index contributed by atoms with van der Waals surface area (Å²) in [5, 5.41) is 19.0. The number of hydrogen-bond donors (Lipinski definition) is 3. The molecule has 10 nitrogen and oxygen atoms in total. The molecule has 49 heavy (non-hydrogen) atoms. The van der Waals surface area contributed by atoms with Crippen LogP contribution in [0.4, 0.5) is 0 Å². The normalized spacial score (nSPS) is 15.0. The number of carbonyl (C=O) groups excluding carboxylic acids is 2. The second-order valence-corrected chi connectivity index (χ2v) is 12.9. The first-order valence-electron chi connectivity index (χ1n) is 17.9. The standard InChI is InChI=1S/C38H63O10P/c1-3-5-7-9-11-12-13-14-15-16-17-18-19-20-21-22-24-26-28-30-38(42)48-36(32-40)34-46-49(43,44)45-33-35(31-39)47-37(41)29-27-25-23-10-8-6-4-2/h5,7,11-12,14-15,17-18,20-21,24,26,35-36,39-40H,3-4,6,8-10,13,16,19,22-23,25,27-34H2,1-2H3,(H,43,44)/b7-5-,12-11-,15-14-,18-17-,21-20-,26-24-. The zero-order chi connectivity index (χ0) is 36.3. The van der Waals surface area contributed by atoms with Crippen LogP contribution in [0.3, 0.4) is 0 Å². The van der Waals surface area contributed by atoms with Crippen LogP contribution in [0.15, 0.2) is 72.9 Å². The van der Waals surface area contributed by atoms with Crippen molar-refractivity contribution in [3.8, 4) is 0 Å². The Kier molecular flexibility index (Phi) is 32.1. The molecule has 0 bridgehead atoms. The molecule has 11 heteroatoms. The number of unbranched alkanes of at least 4 members (excludes halogenated alkanes) is 6. The van der Waals surface area contributed by atoms with Gasteiger partial charge in [0.1, 0.15) is 12.2 Å². The zero-order valence-electron chi connectivity index (χ0n) is 29.9. The summed E-state index contributed by atoms with van der Waals surface area (Å²) in [5.41, 5.74) is 0. The minimum atomic E-state index is -4.64. The number of phosphoric ester groups is 1. The van der Waals surface area contributed by atoms with E-state index in [9.17, 15) is 29.3 Å².